The molecule has 2 aliphatic carbocycles. The molecule has 2 aliphatic rings. The quantitative estimate of drug-likeness (QED) is 0.726. The fourth-order valence-corrected chi connectivity index (χ4v) is 4.11. The van der Waals surface area contributed by atoms with Crippen molar-refractivity contribution < 1.29 is 9.53 Å². The van der Waals surface area contributed by atoms with Crippen LogP contribution in [0.5, 0.6) is 0 Å². The van der Waals surface area contributed by atoms with Crippen LogP contribution in [0.1, 0.15) is 44.9 Å². The number of benzene rings is 1. The molecule has 0 heterocycles. The molecule has 1 aromatic rings. The van der Waals surface area contributed by atoms with Crippen LogP contribution in [-0.2, 0) is 4.74 Å². The van der Waals surface area contributed by atoms with Gasteiger partial charge in [0.15, 0.2) is 0 Å². The zero-order valence-corrected chi connectivity index (χ0v) is 14.0. The van der Waals surface area contributed by atoms with E-state index < -0.39 is 6.09 Å². The van der Waals surface area contributed by atoms with Crippen LogP contribution in [-0.4, -0.2) is 12.2 Å². The molecule has 0 radical (unpaired) electrons. The Labute approximate surface area is 141 Å². The van der Waals surface area contributed by atoms with Crippen LogP contribution in [0.4, 0.5) is 10.5 Å². The van der Waals surface area contributed by atoms with Gasteiger partial charge in [-0.2, -0.15) is 0 Å². The molecule has 1 aromatic carbocycles. The lowest BCUT2D eigenvalue weighted by atomic mass is 9.70. The van der Waals surface area contributed by atoms with Gasteiger partial charge in [0.2, 0.25) is 0 Å². The number of rotatable bonds is 2. The second-order valence-electron chi connectivity index (χ2n) is 6.40. The number of anilines is 1. The second-order valence-corrected chi connectivity index (χ2v) is 7.21. The first kappa shape index (κ1) is 15.9. The predicted molar refractivity (Wildman–Crippen MR) is 89.7 cm³/mol. The molecule has 1 amide bonds. The van der Waals surface area contributed by atoms with E-state index in [1.165, 1.54) is 32.1 Å². The summed E-state index contributed by atoms with van der Waals surface area (Å²) in [5.74, 6) is 1.59. The number of nitrogens with one attached hydrogen (secondary N) is 1. The molecule has 3 nitrogen and oxygen atoms in total. The predicted octanol–water partition coefficient (Wildman–Crippen LogP) is 5.90. The van der Waals surface area contributed by atoms with E-state index in [2.05, 4.69) is 5.32 Å². The van der Waals surface area contributed by atoms with Crippen molar-refractivity contribution in [2.24, 2.45) is 11.8 Å². The van der Waals surface area contributed by atoms with Crippen molar-refractivity contribution in [2.75, 3.05) is 5.32 Å². The smallest absolute Gasteiger partial charge is 0.411 e. The first-order valence-corrected chi connectivity index (χ1v) is 8.80. The van der Waals surface area contributed by atoms with Crippen LogP contribution in [0.25, 0.3) is 0 Å². The minimum Gasteiger partial charge on any atom is -0.446 e. The molecule has 0 aliphatic heterocycles. The highest BCUT2D eigenvalue weighted by Crippen LogP contribution is 2.41. The average Bonchev–Trinajstić information content (AvgIpc) is 2.51. The van der Waals surface area contributed by atoms with E-state index in [-0.39, 0.29) is 6.10 Å². The Bertz CT molecular complexity index is 549. The monoisotopic (exact) mass is 341 g/mol. The molecule has 22 heavy (non-hydrogen) atoms. The molecule has 0 aromatic heterocycles. The molecule has 0 unspecified atom stereocenters. The van der Waals surface area contributed by atoms with E-state index >= 15 is 0 Å². The Hall–Kier alpha value is -0.930. The van der Waals surface area contributed by atoms with Gasteiger partial charge >= 0.3 is 6.09 Å². The molecule has 1 N–H and O–H groups in total. The van der Waals surface area contributed by atoms with E-state index in [0.717, 1.165) is 24.7 Å². The maximum atomic E-state index is 12.0. The maximum absolute atomic E-state index is 12.0. The highest BCUT2D eigenvalue weighted by atomic mass is 35.5. The van der Waals surface area contributed by atoms with Crippen LogP contribution in [0.3, 0.4) is 0 Å². The minimum absolute atomic E-state index is 0.0436. The number of hydrogen-bond acceptors (Lipinski definition) is 2. The van der Waals surface area contributed by atoms with E-state index in [1.54, 1.807) is 18.2 Å². The molecule has 2 fully saturated rings. The Morgan fingerprint density at radius 1 is 1.05 bits per heavy atom. The lowest BCUT2D eigenvalue weighted by molar-refractivity contribution is 0.0339. The molecule has 0 spiro atoms. The minimum atomic E-state index is -0.405. The summed E-state index contributed by atoms with van der Waals surface area (Å²) in [6.45, 7) is 0. The fraction of sp³-hybridized carbons (Fsp3) is 0.588. The Kier molecular flexibility index (Phi) is 5.14. The van der Waals surface area contributed by atoms with Crippen molar-refractivity contribution in [1.82, 2.24) is 0 Å². The first-order chi connectivity index (χ1) is 10.6. The van der Waals surface area contributed by atoms with E-state index in [0.29, 0.717) is 15.7 Å². The van der Waals surface area contributed by atoms with Gasteiger partial charge in [-0.05, 0) is 49.3 Å². The third-order valence-electron chi connectivity index (χ3n) is 4.93. The molecule has 3 atom stereocenters. The molecular weight excluding hydrogens is 321 g/mol. The summed E-state index contributed by atoms with van der Waals surface area (Å²) in [6.07, 6.45) is 8.16. The lowest BCUT2D eigenvalue weighted by Crippen LogP contribution is -2.33. The summed E-state index contributed by atoms with van der Waals surface area (Å²) in [5.41, 5.74) is 0.603. The summed E-state index contributed by atoms with van der Waals surface area (Å²) < 4.78 is 5.59. The highest BCUT2D eigenvalue weighted by molar-refractivity contribution is 6.42. The van der Waals surface area contributed by atoms with E-state index in [4.69, 9.17) is 27.9 Å². The molecule has 0 saturated heterocycles. The molecule has 5 heteroatoms. The van der Waals surface area contributed by atoms with Gasteiger partial charge in [0.25, 0.3) is 0 Å². The van der Waals surface area contributed by atoms with Gasteiger partial charge in [-0.25, -0.2) is 4.79 Å². The Morgan fingerprint density at radius 3 is 2.59 bits per heavy atom. The van der Waals surface area contributed by atoms with Crippen LogP contribution in [0.15, 0.2) is 18.2 Å². The van der Waals surface area contributed by atoms with Gasteiger partial charge in [-0.3, -0.25) is 5.32 Å². The number of ether oxygens (including phenoxy) is 1. The van der Waals surface area contributed by atoms with Crippen molar-refractivity contribution in [3.05, 3.63) is 28.2 Å². The second kappa shape index (κ2) is 7.10. The third-order valence-corrected chi connectivity index (χ3v) is 5.67. The fourth-order valence-electron chi connectivity index (χ4n) is 3.81. The molecule has 120 valence electrons. The largest absolute Gasteiger partial charge is 0.446 e. The number of carbonyl (C=O) groups excluding carboxylic acids is 1. The average molecular weight is 342 g/mol. The van der Waals surface area contributed by atoms with Crippen molar-refractivity contribution in [1.29, 1.82) is 0 Å². The zero-order valence-electron chi connectivity index (χ0n) is 12.5. The topological polar surface area (TPSA) is 38.3 Å². The zero-order chi connectivity index (χ0) is 15.5. The standard InChI is InChI=1S/C17H21Cl2NO2/c18-15-8-6-13(10-16(15)19)20-17(21)22-14-7-5-11-3-1-2-4-12(11)9-14/h6,8,10-12,14H,1-5,7,9H2,(H,20,21)/t11-,12+,14+/m0/s1. The van der Waals surface area contributed by atoms with Gasteiger partial charge in [0, 0.05) is 5.69 Å². The van der Waals surface area contributed by atoms with Crippen molar-refractivity contribution in [3.8, 4) is 0 Å². The molecule has 2 saturated carbocycles. The highest BCUT2D eigenvalue weighted by Gasteiger charge is 2.33. The Balaban J connectivity index is 1.52. The van der Waals surface area contributed by atoms with Crippen LogP contribution in [0, 0.1) is 11.8 Å². The number of amides is 1. The van der Waals surface area contributed by atoms with Crippen molar-refractivity contribution in [2.45, 2.75) is 51.0 Å². The van der Waals surface area contributed by atoms with E-state index in [9.17, 15) is 4.79 Å². The van der Waals surface area contributed by atoms with Crippen LogP contribution in [0.2, 0.25) is 10.0 Å². The SMILES string of the molecule is O=C(Nc1ccc(Cl)c(Cl)c1)O[C@@H]1CC[C@@H]2CCCC[C@@H]2C1. The van der Waals surface area contributed by atoms with Crippen molar-refractivity contribution in [3.63, 3.8) is 0 Å². The summed E-state index contributed by atoms with van der Waals surface area (Å²) in [5, 5.41) is 3.61. The van der Waals surface area contributed by atoms with Gasteiger partial charge in [-0.15, -0.1) is 0 Å². The van der Waals surface area contributed by atoms with Gasteiger partial charge < -0.3 is 4.74 Å². The molecular formula is C17H21Cl2NO2. The van der Waals surface area contributed by atoms with Gasteiger partial charge in [0.1, 0.15) is 6.10 Å². The van der Waals surface area contributed by atoms with Gasteiger partial charge in [0.05, 0.1) is 10.0 Å². The summed E-state index contributed by atoms with van der Waals surface area (Å²) in [7, 11) is 0. The summed E-state index contributed by atoms with van der Waals surface area (Å²) in [6, 6.07) is 5.00. The van der Waals surface area contributed by atoms with Crippen LogP contribution >= 0.6 is 23.2 Å². The normalized spacial score (nSPS) is 27.8. The number of hydrogen-bond donors (Lipinski definition) is 1. The van der Waals surface area contributed by atoms with E-state index in [1.807, 2.05) is 0 Å². The Morgan fingerprint density at radius 2 is 1.82 bits per heavy atom. The number of carbonyl (C=O) groups is 1. The third kappa shape index (κ3) is 3.88. The van der Waals surface area contributed by atoms with Crippen molar-refractivity contribution >= 4 is 35.0 Å². The summed E-state index contributed by atoms with van der Waals surface area (Å²) in [4.78, 5) is 12.0. The number of fused-ring (bicyclic) bond motifs is 1. The molecule has 0 bridgehead atoms. The summed E-state index contributed by atoms with van der Waals surface area (Å²) >= 11 is 11.8. The van der Waals surface area contributed by atoms with Crippen LogP contribution < -0.4 is 5.32 Å². The maximum Gasteiger partial charge on any atom is 0.411 e. The number of halogens is 2. The molecule has 3 rings (SSSR count). The van der Waals surface area contributed by atoms with Gasteiger partial charge in [-0.1, -0.05) is 48.9 Å². The first-order valence-electron chi connectivity index (χ1n) is 8.04. The lowest BCUT2D eigenvalue weighted by Gasteiger charge is -2.38.